The number of hydrogen-bond donors (Lipinski definition) is 1. The zero-order valence-electron chi connectivity index (χ0n) is 17.3. The van der Waals surface area contributed by atoms with Crippen LogP contribution in [0, 0.1) is 34.6 Å². The number of nitrogens with zero attached hydrogens (tertiary/aromatic N) is 3. The number of aromatic nitrogens is 3. The van der Waals surface area contributed by atoms with E-state index in [0.717, 1.165) is 27.6 Å². The van der Waals surface area contributed by atoms with Crippen LogP contribution in [0.1, 0.15) is 27.8 Å². The molecule has 0 unspecified atom stereocenters. The van der Waals surface area contributed by atoms with Crippen LogP contribution >= 0.6 is 11.8 Å². The number of carbonyl (C=O) groups is 1. The van der Waals surface area contributed by atoms with Crippen molar-refractivity contribution in [3.8, 4) is 0 Å². The molecule has 0 atom stereocenters. The Morgan fingerprint density at radius 2 is 1.72 bits per heavy atom. The number of rotatable bonds is 4. The minimum atomic E-state index is -0.0565. The maximum absolute atomic E-state index is 12.5. The molecule has 2 aromatic heterocycles. The molecule has 0 saturated carbocycles. The second-order valence-electron chi connectivity index (χ2n) is 7.62. The van der Waals surface area contributed by atoms with Gasteiger partial charge in [-0.25, -0.2) is 0 Å². The molecule has 4 aromatic rings. The predicted molar refractivity (Wildman–Crippen MR) is 120 cm³/mol. The first-order valence-corrected chi connectivity index (χ1v) is 10.6. The number of anilines is 1. The molecule has 4 rings (SSSR count). The average molecular weight is 405 g/mol. The molecule has 29 heavy (non-hydrogen) atoms. The average Bonchev–Trinajstić information content (AvgIpc) is 3.05. The predicted octanol–water partition coefficient (Wildman–Crippen LogP) is 5.16. The van der Waals surface area contributed by atoms with Gasteiger partial charge in [-0.2, -0.15) is 0 Å². The van der Waals surface area contributed by atoms with Crippen molar-refractivity contribution in [3.05, 3.63) is 64.2 Å². The molecule has 0 fully saturated rings. The van der Waals surface area contributed by atoms with Gasteiger partial charge in [0.1, 0.15) is 0 Å². The van der Waals surface area contributed by atoms with Crippen LogP contribution in [-0.4, -0.2) is 26.3 Å². The first-order chi connectivity index (χ1) is 13.8. The molecular formula is C23H24N4OS. The first-order valence-electron chi connectivity index (χ1n) is 9.59. The number of aryl methyl sites for hydroxylation is 5. The molecule has 1 amide bonds. The molecule has 0 saturated heterocycles. The molecule has 1 N–H and O–H groups in total. The summed E-state index contributed by atoms with van der Waals surface area (Å²) < 4.78 is 2.06. The molecule has 0 radical (unpaired) electrons. The zero-order chi connectivity index (χ0) is 20.7. The third-order valence-electron chi connectivity index (χ3n) is 5.22. The summed E-state index contributed by atoms with van der Waals surface area (Å²) in [6, 6.07) is 12.3. The van der Waals surface area contributed by atoms with Gasteiger partial charge < -0.3 is 5.32 Å². The summed E-state index contributed by atoms with van der Waals surface area (Å²) in [6.45, 7) is 10.4. The molecule has 0 bridgehead atoms. The van der Waals surface area contributed by atoms with E-state index >= 15 is 0 Å². The fourth-order valence-electron chi connectivity index (χ4n) is 3.65. The Bertz CT molecular complexity index is 1260. The van der Waals surface area contributed by atoms with E-state index in [1.807, 2.05) is 31.2 Å². The van der Waals surface area contributed by atoms with E-state index in [0.29, 0.717) is 0 Å². The summed E-state index contributed by atoms with van der Waals surface area (Å²) in [6.07, 6.45) is 0. The summed E-state index contributed by atoms with van der Waals surface area (Å²) in [7, 11) is 0. The Morgan fingerprint density at radius 1 is 0.931 bits per heavy atom. The minimum absolute atomic E-state index is 0.0565. The van der Waals surface area contributed by atoms with E-state index in [1.54, 1.807) is 0 Å². The largest absolute Gasteiger partial charge is 0.325 e. The van der Waals surface area contributed by atoms with Crippen molar-refractivity contribution in [2.24, 2.45) is 0 Å². The topological polar surface area (TPSA) is 59.3 Å². The lowest BCUT2D eigenvalue weighted by molar-refractivity contribution is -0.113. The molecule has 2 aromatic carbocycles. The van der Waals surface area contributed by atoms with E-state index in [1.165, 1.54) is 39.4 Å². The van der Waals surface area contributed by atoms with Gasteiger partial charge in [-0.05, 0) is 81.1 Å². The van der Waals surface area contributed by atoms with Gasteiger partial charge in [0, 0.05) is 11.1 Å². The number of hydrogen-bond acceptors (Lipinski definition) is 4. The van der Waals surface area contributed by atoms with E-state index in [9.17, 15) is 4.79 Å². The van der Waals surface area contributed by atoms with E-state index in [4.69, 9.17) is 0 Å². The van der Waals surface area contributed by atoms with Gasteiger partial charge in [-0.1, -0.05) is 29.5 Å². The van der Waals surface area contributed by atoms with Crippen LogP contribution in [0.5, 0.6) is 0 Å². The third-order valence-corrected chi connectivity index (χ3v) is 6.15. The molecule has 148 valence electrons. The molecule has 6 heteroatoms. The fourth-order valence-corrected chi connectivity index (χ4v) is 4.40. The van der Waals surface area contributed by atoms with Gasteiger partial charge in [0.25, 0.3) is 0 Å². The fraction of sp³-hybridized carbons (Fsp3) is 0.261. The number of pyridine rings is 1. The minimum Gasteiger partial charge on any atom is -0.325 e. The summed E-state index contributed by atoms with van der Waals surface area (Å²) in [4.78, 5) is 12.5. The molecule has 5 nitrogen and oxygen atoms in total. The second-order valence-corrected chi connectivity index (χ2v) is 8.56. The van der Waals surface area contributed by atoms with Gasteiger partial charge in [0.15, 0.2) is 10.8 Å². The zero-order valence-corrected chi connectivity index (χ0v) is 18.1. The quantitative estimate of drug-likeness (QED) is 0.478. The maximum atomic E-state index is 12.5. The highest BCUT2D eigenvalue weighted by Crippen LogP contribution is 2.29. The number of fused-ring (bicyclic) bond motifs is 3. The van der Waals surface area contributed by atoms with Crippen molar-refractivity contribution in [2.75, 3.05) is 11.1 Å². The number of nitrogens with one attached hydrogen (secondary N) is 1. The normalized spacial score (nSPS) is 11.3. The van der Waals surface area contributed by atoms with Crippen LogP contribution in [0.3, 0.4) is 0 Å². The van der Waals surface area contributed by atoms with Crippen molar-refractivity contribution in [1.82, 2.24) is 14.6 Å². The van der Waals surface area contributed by atoms with Crippen molar-refractivity contribution in [2.45, 2.75) is 39.8 Å². The van der Waals surface area contributed by atoms with Crippen LogP contribution in [0.4, 0.5) is 5.69 Å². The Morgan fingerprint density at radius 3 is 2.48 bits per heavy atom. The van der Waals surface area contributed by atoms with Gasteiger partial charge in [-0.15, -0.1) is 10.2 Å². The van der Waals surface area contributed by atoms with E-state index in [2.05, 4.69) is 59.7 Å². The van der Waals surface area contributed by atoms with Crippen molar-refractivity contribution in [1.29, 1.82) is 0 Å². The Balaban J connectivity index is 1.62. The highest BCUT2D eigenvalue weighted by Gasteiger charge is 2.15. The number of carbonyl (C=O) groups excluding carboxylic acids is 1. The van der Waals surface area contributed by atoms with Crippen molar-refractivity contribution < 1.29 is 4.79 Å². The third kappa shape index (κ3) is 3.72. The molecule has 0 aliphatic carbocycles. The Kier molecular flexibility index (Phi) is 5.04. The van der Waals surface area contributed by atoms with Gasteiger partial charge >= 0.3 is 0 Å². The van der Waals surface area contributed by atoms with Gasteiger partial charge in [0.2, 0.25) is 5.91 Å². The number of thioether (sulfide) groups is 1. The van der Waals surface area contributed by atoms with Gasteiger partial charge in [0.05, 0.1) is 11.3 Å². The molecular weight excluding hydrogens is 380 g/mol. The lowest BCUT2D eigenvalue weighted by Crippen LogP contribution is -2.14. The Hall–Kier alpha value is -2.86. The SMILES string of the molecule is Cc1cc(C)c2c(c1)c(C)cc1nnc(SCC(=O)Nc3ccc(C)c(C)c3)n12. The van der Waals surface area contributed by atoms with Crippen molar-refractivity contribution in [3.63, 3.8) is 0 Å². The van der Waals surface area contributed by atoms with Crippen LogP contribution in [0.2, 0.25) is 0 Å². The molecule has 0 aliphatic rings. The van der Waals surface area contributed by atoms with Gasteiger partial charge in [-0.3, -0.25) is 9.20 Å². The van der Waals surface area contributed by atoms with Crippen molar-refractivity contribution >= 4 is 39.9 Å². The van der Waals surface area contributed by atoms with Crippen LogP contribution in [0.25, 0.3) is 16.6 Å². The van der Waals surface area contributed by atoms with E-state index < -0.39 is 0 Å². The Labute approximate surface area is 174 Å². The standard InChI is InChI=1S/C23H24N4OS/c1-13-8-17(5)22-19(9-13)16(4)11-20-25-26-23(27(20)22)29-12-21(28)24-18-7-6-14(2)15(3)10-18/h6-11H,12H2,1-5H3,(H,24,28). The highest BCUT2D eigenvalue weighted by atomic mass is 32.2. The maximum Gasteiger partial charge on any atom is 0.234 e. The highest BCUT2D eigenvalue weighted by molar-refractivity contribution is 7.99. The summed E-state index contributed by atoms with van der Waals surface area (Å²) >= 11 is 1.40. The smallest absolute Gasteiger partial charge is 0.234 e. The number of benzene rings is 2. The number of amides is 1. The van der Waals surface area contributed by atoms with Crippen LogP contribution < -0.4 is 5.32 Å². The van der Waals surface area contributed by atoms with E-state index in [-0.39, 0.29) is 11.7 Å². The van der Waals surface area contributed by atoms with Crippen LogP contribution in [-0.2, 0) is 4.79 Å². The molecule has 0 spiro atoms. The monoisotopic (exact) mass is 404 g/mol. The van der Waals surface area contributed by atoms with Crippen LogP contribution in [0.15, 0.2) is 41.6 Å². The lowest BCUT2D eigenvalue weighted by Gasteiger charge is -2.11. The lowest BCUT2D eigenvalue weighted by atomic mass is 10.0. The molecule has 2 heterocycles. The molecule has 0 aliphatic heterocycles. The summed E-state index contributed by atoms with van der Waals surface area (Å²) in [5, 5.41) is 13.6. The summed E-state index contributed by atoms with van der Waals surface area (Å²) in [5.41, 5.74) is 8.67. The first kappa shape index (κ1) is 19.5. The summed E-state index contributed by atoms with van der Waals surface area (Å²) in [5.74, 6) is 0.215. The second kappa shape index (κ2) is 7.52.